The Labute approximate surface area is 167 Å². The zero-order chi connectivity index (χ0) is 20.1. The van der Waals surface area contributed by atoms with Gasteiger partial charge in [-0.15, -0.1) is 5.10 Å². The van der Waals surface area contributed by atoms with Crippen molar-refractivity contribution in [1.82, 2.24) is 25.6 Å². The number of nitrogens with zero attached hydrogens (tertiary/aromatic N) is 3. The fourth-order valence-corrected chi connectivity index (χ4v) is 3.17. The summed E-state index contributed by atoms with van der Waals surface area (Å²) >= 11 is 0. The molecular formula is C21H21N5O3. The number of ether oxygens (including phenoxy) is 1. The van der Waals surface area contributed by atoms with Crippen LogP contribution >= 0.6 is 0 Å². The molecule has 8 heteroatoms. The summed E-state index contributed by atoms with van der Waals surface area (Å²) in [5.41, 5.74) is 6.51. The van der Waals surface area contributed by atoms with Gasteiger partial charge in [0.05, 0.1) is 5.69 Å². The zero-order valence-electron chi connectivity index (χ0n) is 15.7. The highest BCUT2D eigenvalue weighted by Crippen LogP contribution is 2.21. The van der Waals surface area contributed by atoms with Crippen LogP contribution < -0.4 is 10.9 Å². The Morgan fingerprint density at radius 2 is 1.59 bits per heavy atom. The Balaban J connectivity index is 1.55. The van der Waals surface area contributed by atoms with Crippen LogP contribution in [0.15, 0.2) is 60.7 Å². The van der Waals surface area contributed by atoms with E-state index in [1.54, 1.807) is 4.68 Å². The van der Waals surface area contributed by atoms with Gasteiger partial charge in [-0.25, -0.2) is 9.67 Å². The molecule has 0 spiro atoms. The summed E-state index contributed by atoms with van der Waals surface area (Å²) in [5, 5.41) is 4.37. The normalized spacial score (nSPS) is 14.3. The molecule has 1 aliphatic heterocycles. The summed E-state index contributed by atoms with van der Waals surface area (Å²) in [7, 11) is 0. The molecule has 0 radical (unpaired) electrons. The lowest BCUT2D eigenvalue weighted by Crippen LogP contribution is -2.46. The number of hydrazine groups is 1. The molecule has 1 saturated heterocycles. The fourth-order valence-electron chi connectivity index (χ4n) is 3.17. The number of benzene rings is 2. The molecule has 2 heterocycles. The van der Waals surface area contributed by atoms with Crippen LogP contribution in [-0.2, 0) is 9.53 Å². The lowest BCUT2D eigenvalue weighted by molar-refractivity contribution is -0.128. The number of hydrogen-bond donors (Lipinski definition) is 2. The first kappa shape index (κ1) is 18.8. The quantitative estimate of drug-likeness (QED) is 0.664. The predicted molar refractivity (Wildman–Crippen MR) is 106 cm³/mol. The van der Waals surface area contributed by atoms with Crippen LogP contribution in [0.1, 0.15) is 23.5 Å². The number of hydrogen-bond acceptors (Lipinski definition) is 5. The van der Waals surface area contributed by atoms with Crippen molar-refractivity contribution >= 4 is 11.8 Å². The number of carbonyl (C=O) groups is 2. The zero-order valence-corrected chi connectivity index (χ0v) is 15.7. The van der Waals surface area contributed by atoms with E-state index in [1.165, 1.54) is 0 Å². The highest BCUT2D eigenvalue weighted by Gasteiger charge is 2.23. The van der Waals surface area contributed by atoms with Crippen LogP contribution in [0.2, 0.25) is 0 Å². The van der Waals surface area contributed by atoms with Crippen molar-refractivity contribution in [3.63, 3.8) is 0 Å². The molecule has 0 aliphatic carbocycles. The molecule has 2 N–H and O–H groups in total. The van der Waals surface area contributed by atoms with Crippen LogP contribution in [0.5, 0.6) is 0 Å². The summed E-state index contributed by atoms with van der Waals surface area (Å²) < 4.78 is 6.87. The SMILES string of the molecule is O=C(NNC(=O)C1CCOCC1)c1nc(-c2ccccc2)n(-c2ccccc2)n1. The van der Waals surface area contributed by atoms with Crippen molar-refractivity contribution in [2.24, 2.45) is 5.92 Å². The van der Waals surface area contributed by atoms with Gasteiger partial charge < -0.3 is 4.74 Å². The van der Waals surface area contributed by atoms with Crippen LogP contribution in [-0.4, -0.2) is 39.8 Å². The maximum Gasteiger partial charge on any atom is 0.309 e. The Morgan fingerprint density at radius 3 is 2.28 bits per heavy atom. The highest BCUT2D eigenvalue weighted by molar-refractivity contribution is 5.92. The third kappa shape index (κ3) is 4.33. The van der Waals surface area contributed by atoms with Gasteiger partial charge in [-0.3, -0.25) is 20.4 Å². The van der Waals surface area contributed by atoms with Crippen molar-refractivity contribution in [3.05, 3.63) is 66.5 Å². The first-order valence-electron chi connectivity index (χ1n) is 9.48. The minimum Gasteiger partial charge on any atom is -0.381 e. The second-order valence-electron chi connectivity index (χ2n) is 6.70. The van der Waals surface area contributed by atoms with E-state index in [0.29, 0.717) is 31.9 Å². The second-order valence-corrected chi connectivity index (χ2v) is 6.70. The van der Waals surface area contributed by atoms with Crippen LogP contribution in [0.4, 0.5) is 0 Å². The van der Waals surface area contributed by atoms with E-state index >= 15 is 0 Å². The number of amides is 2. The van der Waals surface area contributed by atoms with Crippen LogP contribution in [0, 0.1) is 5.92 Å². The molecule has 2 aromatic carbocycles. The maximum atomic E-state index is 12.6. The molecule has 148 valence electrons. The van der Waals surface area contributed by atoms with Gasteiger partial charge in [0.1, 0.15) is 0 Å². The first-order valence-corrected chi connectivity index (χ1v) is 9.48. The van der Waals surface area contributed by atoms with Crippen LogP contribution in [0.25, 0.3) is 17.1 Å². The van der Waals surface area contributed by atoms with Crippen molar-refractivity contribution in [2.75, 3.05) is 13.2 Å². The van der Waals surface area contributed by atoms with Crippen molar-refractivity contribution in [1.29, 1.82) is 0 Å². The third-order valence-electron chi connectivity index (χ3n) is 4.73. The van der Waals surface area contributed by atoms with Crippen molar-refractivity contribution in [2.45, 2.75) is 12.8 Å². The summed E-state index contributed by atoms with van der Waals surface area (Å²) in [6.07, 6.45) is 1.28. The molecule has 29 heavy (non-hydrogen) atoms. The van der Waals surface area contributed by atoms with Gasteiger partial charge in [0.25, 0.3) is 0 Å². The summed E-state index contributed by atoms with van der Waals surface area (Å²) in [6, 6.07) is 19.0. The van der Waals surface area contributed by atoms with Crippen LogP contribution in [0.3, 0.4) is 0 Å². The monoisotopic (exact) mass is 391 g/mol. The molecule has 8 nitrogen and oxygen atoms in total. The molecule has 3 aromatic rings. The number of aromatic nitrogens is 3. The van der Waals surface area contributed by atoms with E-state index in [-0.39, 0.29) is 17.6 Å². The lowest BCUT2D eigenvalue weighted by Gasteiger charge is -2.20. The van der Waals surface area contributed by atoms with E-state index in [1.807, 2.05) is 60.7 Å². The Morgan fingerprint density at radius 1 is 0.931 bits per heavy atom. The molecule has 1 aliphatic rings. The van der Waals surface area contributed by atoms with E-state index in [0.717, 1.165) is 11.3 Å². The minimum atomic E-state index is -0.572. The highest BCUT2D eigenvalue weighted by atomic mass is 16.5. The Kier molecular flexibility index (Phi) is 5.62. The Hall–Kier alpha value is -3.52. The Bertz CT molecular complexity index is 925. The largest absolute Gasteiger partial charge is 0.381 e. The third-order valence-corrected chi connectivity index (χ3v) is 4.73. The van der Waals surface area contributed by atoms with Gasteiger partial charge in [0.2, 0.25) is 11.7 Å². The number of para-hydroxylation sites is 1. The molecule has 0 saturated carbocycles. The molecule has 2 amide bonds. The average Bonchev–Trinajstić information content (AvgIpc) is 3.25. The molecule has 1 aromatic heterocycles. The van der Waals surface area contributed by atoms with Crippen molar-refractivity contribution < 1.29 is 14.3 Å². The maximum absolute atomic E-state index is 12.6. The second kappa shape index (κ2) is 8.66. The minimum absolute atomic E-state index is 0.0278. The number of rotatable bonds is 4. The standard InChI is InChI=1S/C21H21N5O3/c27-20(16-11-13-29-14-12-16)23-24-21(28)18-22-19(15-7-3-1-4-8-15)26(25-18)17-9-5-2-6-10-17/h1-10,16H,11-14H2,(H,23,27)(H,24,28). The van der Waals surface area contributed by atoms with Gasteiger partial charge in [0.15, 0.2) is 5.82 Å². The summed E-state index contributed by atoms with van der Waals surface area (Å²) in [4.78, 5) is 29.2. The topological polar surface area (TPSA) is 98.1 Å². The number of carbonyl (C=O) groups excluding carboxylic acids is 2. The van der Waals surface area contributed by atoms with Gasteiger partial charge in [-0.1, -0.05) is 48.5 Å². The molecular weight excluding hydrogens is 370 g/mol. The van der Waals surface area contributed by atoms with E-state index < -0.39 is 5.91 Å². The smallest absolute Gasteiger partial charge is 0.309 e. The fraction of sp³-hybridized carbons (Fsp3) is 0.238. The van der Waals surface area contributed by atoms with Gasteiger partial charge in [-0.05, 0) is 25.0 Å². The molecule has 0 bridgehead atoms. The van der Waals surface area contributed by atoms with Gasteiger partial charge in [0, 0.05) is 24.7 Å². The average molecular weight is 391 g/mol. The van der Waals surface area contributed by atoms with E-state index in [2.05, 4.69) is 20.9 Å². The molecule has 4 rings (SSSR count). The van der Waals surface area contributed by atoms with Gasteiger partial charge >= 0.3 is 5.91 Å². The summed E-state index contributed by atoms with van der Waals surface area (Å²) in [6.45, 7) is 1.10. The van der Waals surface area contributed by atoms with E-state index in [9.17, 15) is 9.59 Å². The first-order chi connectivity index (χ1) is 14.2. The lowest BCUT2D eigenvalue weighted by atomic mass is 10.00. The summed E-state index contributed by atoms with van der Waals surface area (Å²) in [5.74, 6) is -0.457. The predicted octanol–water partition coefficient (Wildman–Crippen LogP) is 2.12. The van der Waals surface area contributed by atoms with Gasteiger partial charge in [-0.2, -0.15) is 0 Å². The van der Waals surface area contributed by atoms with E-state index in [4.69, 9.17) is 4.74 Å². The molecule has 0 unspecified atom stereocenters. The molecule has 1 fully saturated rings. The van der Waals surface area contributed by atoms with Crippen molar-refractivity contribution in [3.8, 4) is 17.1 Å². The molecule has 0 atom stereocenters. The number of nitrogens with one attached hydrogen (secondary N) is 2.